The molecule has 0 saturated carbocycles. The van der Waals surface area contributed by atoms with Crippen molar-refractivity contribution < 1.29 is 0 Å². The molecule has 0 unspecified atom stereocenters. The molecule has 84 valence electrons. The van der Waals surface area contributed by atoms with Crippen molar-refractivity contribution >= 4 is 16.6 Å². The van der Waals surface area contributed by atoms with E-state index >= 15 is 0 Å². The first-order valence-corrected chi connectivity index (χ1v) is 5.87. The van der Waals surface area contributed by atoms with E-state index in [1.807, 2.05) is 12.3 Å². The summed E-state index contributed by atoms with van der Waals surface area (Å²) in [5, 5.41) is 1.21. The molecule has 0 amide bonds. The molecule has 0 atom stereocenters. The van der Waals surface area contributed by atoms with Crippen LogP contribution < -0.4 is 4.90 Å². The van der Waals surface area contributed by atoms with Gasteiger partial charge in [0.15, 0.2) is 0 Å². The zero-order valence-electron chi connectivity index (χ0n) is 9.98. The van der Waals surface area contributed by atoms with E-state index in [0.29, 0.717) is 0 Å². The Bertz CT molecular complexity index is 465. The molecule has 16 heavy (non-hydrogen) atoms. The van der Waals surface area contributed by atoms with Gasteiger partial charge >= 0.3 is 0 Å². The SMILES string of the molecule is CCCCN(C)c1ccc2ncccc2c1. The lowest BCUT2D eigenvalue weighted by molar-refractivity contribution is 0.767. The lowest BCUT2D eigenvalue weighted by Crippen LogP contribution is -2.17. The summed E-state index contributed by atoms with van der Waals surface area (Å²) in [6, 6.07) is 10.5. The Balaban J connectivity index is 2.25. The molecule has 1 aromatic carbocycles. The molecule has 0 saturated heterocycles. The summed E-state index contributed by atoms with van der Waals surface area (Å²) in [5.74, 6) is 0. The number of rotatable bonds is 4. The van der Waals surface area contributed by atoms with Gasteiger partial charge in [0.1, 0.15) is 0 Å². The Morgan fingerprint density at radius 3 is 2.94 bits per heavy atom. The summed E-state index contributed by atoms with van der Waals surface area (Å²) in [6.07, 6.45) is 4.31. The molecule has 2 rings (SSSR count). The van der Waals surface area contributed by atoms with Gasteiger partial charge in [-0.1, -0.05) is 19.4 Å². The molecule has 2 heteroatoms. The van der Waals surface area contributed by atoms with Crippen LogP contribution in [0.15, 0.2) is 36.5 Å². The normalized spacial score (nSPS) is 10.6. The van der Waals surface area contributed by atoms with Crippen LogP contribution >= 0.6 is 0 Å². The number of hydrogen-bond acceptors (Lipinski definition) is 2. The number of unbranched alkanes of at least 4 members (excludes halogenated alkanes) is 1. The van der Waals surface area contributed by atoms with Gasteiger partial charge in [-0.3, -0.25) is 4.98 Å². The van der Waals surface area contributed by atoms with Crippen molar-refractivity contribution in [3.8, 4) is 0 Å². The fraction of sp³-hybridized carbons (Fsp3) is 0.357. The van der Waals surface area contributed by atoms with Crippen molar-refractivity contribution in [2.75, 3.05) is 18.5 Å². The molecule has 0 bridgehead atoms. The monoisotopic (exact) mass is 214 g/mol. The van der Waals surface area contributed by atoms with E-state index in [-0.39, 0.29) is 0 Å². The first-order chi connectivity index (χ1) is 7.81. The van der Waals surface area contributed by atoms with E-state index < -0.39 is 0 Å². The Labute approximate surface area is 96.9 Å². The summed E-state index contributed by atoms with van der Waals surface area (Å²) in [6.45, 7) is 3.33. The van der Waals surface area contributed by atoms with E-state index in [4.69, 9.17) is 0 Å². The van der Waals surface area contributed by atoms with Crippen molar-refractivity contribution in [2.45, 2.75) is 19.8 Å². The fourth-order valence-corrected chi connectivity index (χ4v) is 1.82. The van der Waals surface area contributed by atoms with E-state index in [1.165, 1.54) is 23.9 Å². The van der Waals surface area contributed by atoms with Crippen LogP contribution in [0.1, 0.15) is 19.8 Å². The molecular weight excluding hydrogens is 196 g/mol. The van der Waals surface area contributed by atoms with Gasteiger partial charge in [-0.25, -0.2) is 0 Å². The van der Waals surface area contributed by atoms with Crippen molar-refractivity contribution in [1.29, 1.82) is 0 Å². The predicted molar refractivity (Wildman–Crippen MR) is 69.9 cm³/mol. The van der Waals surface area contributed by atoms with Crippen LogP contribution in [0.4, 0.5) is 5.69 Å². The van der Waals surface area contributed by atoms with Crippen molar-refractivity contribution in [2.24, 2.45) is 0 Å². The van der Waals surface area contributed by atoms with Crippen LogP contribution in [0.3, 0.4) is 0 Å². The maximum Gasteiger partial charge on any atom is 0.0703 e. The highest BCUT2D eigenvalue weighted by Gasteiger charge is 2.01. The fourth-order valence-electron chi connectivity index (χ4n) is 1.82. The number of fused-ring (bicyclic) bond motifs is 1. The van der Waals surface area contributed by atoms with Gasteiger partial charge < -0.3 is 4.90 Å². The van der Waals surface area contributed by atoms with Crippen LogP contribution in [0.5, 0.6) is 0 Å². The summed E-state index contributed by atoms with van der Waals surface area (Å²) < 4.78 is 0. The third-order valence-corrected chi connectivity index (χ3v) is 2.87. The Morgan fingerprint density at radius 2 is 2.12 bits per heavy atom. The number of anilines is 1. The quantitative estimate of drug-likeness (QED) is 0.774. The van der Waals surface area contributed by atoms with E-state index in [1.54, 1.807) is 0 Å². The second kappa shape index (κ2) is 4.97. The highest BCUT2D eigenvalue weighted by Crippen LogP contribution is 2.19. The molecule has 0 radical (unpaired) electrons. The Kier molecular flexibility index (Phi) is 3.40. The van der Waals surface area contributed by atoms with Gasteiger partial charge in [0.25, 0.3) is 0 Å². The molecule has 1 aromatic heterocycles. The Hall–Kier alpha value is -1.57. The summed E-state index contributed by atoms with van der Waals surface area (Å²) in [7, 11) is 2.15. The van der Waals surface area contributed by atoms with E-state index in [0.717, 1.165) is 12.1 Å². The zero-order valence-corrected chi connectivity index (χ0v) is 9.98. The second-order valence-electron chi connectivity index (χ2n) is 4.16. The van der Waals surface area contributed by atoms with Crippen LogP contribution in [-0.4, -0.2) is 18.6 Å². The van der Waals surface area contributed by atoms with Crippen LogP contribution in [0.25, 0.3) is 10.9 Å². The molecule has 0 fully saturated rings. The standard InChI is InChI=1S/C14H18N2/c1-3-4-10-16(2)13-7-8-14-12(11-13)6-5-9-15-14/h5-9,11H,3-4,10H2,1-2H3. The minimum absolute atomic E-state index is 1.06. The van der Waals surface area contributed by atoms with E-state index in [9.17, 15) is 0 Å². The van der Waals surface area contributed by atoms with Crippen molar-refractivity contribution in [1.82, 2.24) is 4.98 Å². The molecule has 2 nitrogen and oxygen atoms in total. The third-order valence-electron chi connectivity index (χ3n) is 2.87. The molecule has 0 aliphatic rings. The third kappa shape index (κ3) is 2.32. The van der Waals surface area contributed by atoms with Gasteiger partial charge in [-0.05, 0) is 30.7 Å². The molecule has 0 aliphatic heterocycles. The molecule has 2 aromatic rings. The highest BCUT2D eigenvalue weighted by atomic mass is 15.1. The van der Waals surface area contributed by atoms with Crippen LogP contribution in [0.2, 0.25) is 0 Å². The molecule has 1 heterocycles. The van der Waals surface area contributed by atoms with Gasteiger partial charge in [0, 0.05) is 30.9 Å². The topological polar surface area (TPSA) is 16.1 Å². The van der Waals surface area contributed by atoms with Crippen molar-refractivity contribution in [3.63, 3.8) is 0 Å². The summed E-state index contributed by atoms with van der Waals surface area (Å²) in [5.41, 5.74) is 2.34. The average Bonchev–Trinajstić information content (AvgIpc) is 2.35. The smallest absolute Gasteiger partial charge is 0.0703 e. The molecule has 0 N–H and O–H groups in total. The molecule has 0 spiro atoms. The van der Waals surface area contributed by atoms with Crippen molar-refractivity contribution in [3.05, 3.63) is 36.5 Å². The largest absolute Gasteiger partial charge is 0.375 e. The van der Waals surface area contributed by atoms with Crippen LogP contribution in [-0.2, 0) is 0 Å². The number of benzene rings is 1. The van der Waals surface area contributed by atoms with E-state index in [2.05, 4.69) is 48.1 Å². The number of nitrogens with zero attached hydrogens (tertiary/aromatic N) is 2. The minimum Gasteiger partial charge on any atom is -0.375 e. The Morgan fingerprint density at radius 1 is 1.25 bits per heavy atom. The highest BCUT2D eigenvalue weighted by molar-refractivity contribution is 5.82. The molecule has 0 aliphatic carbocycles. The number of aromatic nitrogens is 1. The van der Waals surface area contributed by atoms with Gasteiger partial charge in [-0.15, -0.1) is 0 Å². The van der Waals surface area contributed by atoms with Gasteiger partial charge in [0.2, 0.25) is 0 Å². The maximum absolute atomic E-state index is 4.33. The predicted octanol–water partition coefficient (Wildman–Crippen LogP) is 3.47. The molecular formula is C14H18N2. The second-order valence-corrected chi connectivity index (χ2v) is 4.16. The first-order valence-electron chi connectivity index (χ1n) is 5.87. The first kappa shape index (κ1) is 10.9. The summed E-state index contributed by atoms with van der Waals surface area (Å²) in [4.78, 5) is 6.63. The summed E-state index contributed by atoms with van der Waals surface area (Å²) >= 11 is 0. The number of hydrogen-bond donors (Lipinski definition) is 0. The maximum atomic E-state index is 4.33. The lowest BCUT2D eigenvalue weighted by atomic mass is 10.2. The minimum atomic E-state index is 1.06. The zero-order chi connectivity index (χ0) is 11.4. The van der Waals surface area contributed by atoms with Crippen LogP contribution in [0, 0.1) is 0 Å². The number of pyridine rings is 1. The van der Waals surface area contributed by atoms with Gasteiger partial charge in [-0.2, -0.15) is 0 Å². The average molecular weight is 214 g/mol. The van der Waals surface area contributed by atoms with Gasteiger partial charge in [0.05, 0.1) is 5.52 Å². The lowest BCUT2D eigenvalue weighted by Gasteiger charge is -2.19.